The summed E-state index contributed by atoms with van der Waals surface area (Å²) in [7, 11) is 0. The lowest BCUT2D eigenvalue weighted by atomic mass is 9.73. The number of pyridine rings is 1. The summed E-state index contributed by atoms with van der Waals surface area (Å²) < 4.78 is 20.5. The number of hydrogen-bond acceptors (Lipinski definition) is 8. The molecule has 3 aliphatic heterocycles. The van der Waals surface area contributed by atoms with E-state index >= 15 is 0 Å². The van der Waals surface area contributed by atoms with Gasteiger partial charge in [0.25, 0.3) is 11.8 Å². The number of amides is 2. The second-order valence-corrected chi connectivity index (χ2v) is 14.9. The lowest BCUT2D eigenvalue weighted by molar-refractivity contribution is -0.000511. The molecule has 1 aromatic carbocycles. The topological polar surface area (TPSA) is 121 Å². The zero-order valence-electron chi connectivity index (χ0n) is 29.8. The maximum Gasteiger partial charge on any atom is 0.259 e. The molecule has 2 fully saturated rings. The molecule has 12 heteroatoms. The molecule has 0 radical (unpaired) electrons. The monoisotopic (exact) mass is 732 g/mol. The summed E-state index contributed by atoms with van der Waals surface area (Å²) in [5, 5.41) is 2.98. The van der Waals surface area contributed by atoms with Gasteiger partial charge in [0.05, 0.1) is 22.3 Å². The van der Waals surface area contributed by atoms with E-state index in [0.29, 0.717) is 39.6 Å². The molecule has 3 aromatic heterocycles. The minimum absolute atomic E-state index is 0.221. The highest BCUT2D eigenvalue weighted by Crippen LogP contribution is 2.42. The van der Waals surface area contributed by atoms with Crippen molar-refractivity contribution in [3.63, 3.8) is 0 Å². The van der Waals surface area contributed by atoms with E-state index < -0.39 is 5.83 Å². The molecular formula is C41H41FN6O4S. The lowest BCUT2D eigenvalue weighted by Crippen LogP contribution is -2.59. The molecule has 0 saturated carbocycles. The molecule has 0 atom stereocenters. The van der Waals surface area contributed by atoms with Gasteiger partial charge in [-0.05, 0) is 98.9 Å². The standard InChI is InChI=1S/C41H41FN6O4S/c1-4-6-29(42)20-32-21-34-28(19-35(53-34)36(49)37-43-23-31(45-37)7-5-2)12-15-48(32)40(51)27-8-10-30(11-9-27)46-39(50)33-18-26(3)22-44-38(33)47-24-41(25-47)13-16-52-17-14-41/h4-11,18-20,22-23H,1,12-17,21,24-25H2,2-3H3,(H,43,45)(H,46,50)/b7-5-,29-6+,32-20+. The van der Waals surface area contributed by atoms with Crippen LogP contribution in [0.15, 0.2) is 91.2 Å². The van der Waals surface area contributed by atoms with Gasteiger partial charge >= 0.3 is 0 Å². The fourth-order valence-electron chi connectivity index (χ4n) is 7.15. The molecule has 0 bridgehead atoms. The van der Waals surface area contributed by atoms with Crippen LogP contribution in [-0.2, 0) is 17.6 Å². The van der Waals surface area contributed by atoms with Crippen LogP contribution < -0.4 is 10.2 Å². The van der Waals surface area contributed by atoms with Crippen LogP contribution >= 0.6 is 11.3 Å². The van der Waals surface area contributed by atoms with E-state index in [1.54, 1.807) is 41.6 Å². The first kappa shape index (κ1) is 35.9. The number of nitrogens with one attached hydrogen (secondary N) is 2. The van der Waals surface area contributed by atoms with E-state index in [0.717, 1.165) is 60.8 Å². The zero-order chi connectivity index (χ0) is 37.1. The number of ether oxygens (including phenoxy) is 1. The van der Waals surface area contributed by atoms with Gasteiger partial charge in [-0.3, -0.25) is 14.4 Å². The molecule has 1 spiro atoms. The Bertz CT molecular complexity index is 2150. The van der Waals surface area contributed by atoms with Crippen molar-refractivity contribution < 1.29 is 23.5 Å². The number of hydrogen-bond donors (Lipinski definition) is 2. The van der Waals surface area contributed by atoms with Crippen molar-refractivity contribution in [3.8, 4) is 0 Å². The number of ketones is 1. The van der Waals surface area contributed by atoms with Crippen molar-refractivity contribution in [2.24, 2.45) is 5.41 Å². The number of anilines is 2. The quantitative estimate of drug-likeness (QED) is 0.135. The Morgan fingerprint density at radius 2 is 1.87 bits per heavy atom. The van der Waals surface area contributed by atoms with Crippen molar-refractivity contribution in [2.45, 2.75) is 39.5 Å². The number of aromatic amines is 1. The molecule has 7 rings (SSSR count). The third-order valence-corrected chi connectivity index (χ3v) is 11.1. The van der Waals surface area contributed by atoms with Crippen molar-refractivity contribution >= 4 is 46.5 Å². The summed E-state index contributed by atoms with van der Waals surface area (Å²) in [6.45, 7) is 10.9. The van der Waals surface area contributed by atoms with Crippen LogP contribution in [0.25, 0.3) is 6.08 Å². The van der Waals surface area contributed by atoms with Gasteiger partial charge in [-0.15, -0.1) is 11.3 Å². The van der Waals surface area contributed by atoms with Gasteiger partial charge in [0.15, 0.2) is 5.82 Å². The summed E-state index contributed by atoms with van der Waals surface area (Å²) in [6.07, 6.45) is 13.8. The van der Waals surface area contributed by atoms with Gasteiger partial charge < -0.3 is 24.8 Å². The maximum absolute atomic E-state index is 14.9. The molecule has 10 nitrogen and oxygen atoms in total. The predicted molar refractivity (Wildman–Crippen MR) is 205 cm³/mol. The van der Waals surface area contributed by atoms with Crippen LogP contribution in [0.5, 0.6) is 0 Å². The first-order valence-corrected chi connectivity index (χ1v) is 18.5. The Balaban J connectivity index is 1.06. The molecule has 0 aliphatic carbocycles. The fourth-order valence-corrected chi connectivity index (χ4v) is 8.32. The number of aromatic nitrogens is 3. The van der Waals surface area contributed by atoms with Crippen LogP contribution in [-0.4, -0.2) is 70.3 Å². The first-order valence-electron chi connectivity index (χ1n) is 17.7. The highest BCUT2D eigenvalue weighted by atomic mass is 32.1. The molecule has 4 aromatic rings. The van der Waals surface area contributed by atoms with Crippen molar-refractivity contribution in [3.05, 3.63) is 135 Å². The van der Waals surface area contributed by atoms with Crippen LogP contribution in [0, 0.1) is 12.3 Å². The molecule has 2 amide bonds. The number of carbonyl (C=O) groups is 3. The number of imidazole rings is 1. The molecule has 6 heterocycles. The largest absolute Gasteiger partial charge is 0.381 e. The summed E-state index contributed by atoms with van der Waals surface area (Å²) in [5.41, 5.74) is 4.65. The number of fused-ring (bicyclic) bond motifs is 1. The average molecular weight is 733 g/mol. The van der Waals surface area contributed by atoms with Crippen LogP contribution in [0.4, 0.5) is 15.9 Å². The highest BCUT2D eigenvalue weighted by molar-refractivity contribution is 7.14. The third-order valence-electron chi connectivity index (χ3n) is 9.94. The number of aryl methyl sites for hydroxylation is 1. The number of thiophene rings is 1. The Labute approximate surface area is 311 Å². The van der Waals surface area contributed by atoms with Gasteiger partial charge in [-0.1, -0.05) is 18.7 Å². The Kier molecular flexibility index (Phi) is 10.3. The average Bonchev–Trinajstić information content (AvgIpc) is 3.74. The molecule has 272 valence electrons. The first-order chi connectivity index (χ1) is 25.6. The van der Waals surface area contributed by atoms with E-state index in [1.807, 2.05) is 38.1 Å². The summed E-state index contributed by atoms with van der Waals surface area (Å²) >= 11 is 1.33. The summed E-state index contributed by atoms with van der Waals surface area (Å²) in [5.74, 6) is -0.428. The van der Waals surface area contributed by atoms with Gasteiger partial charge in [-0.25, -0.2) is 14.4 Å². The molecule has 2 N–H and O–H groups in total. The van der Waals surface area contributed by atoms with Crippen molar-refractivity contribution in [2.75, 3.05) is 43.1 Å². The fraction of sp³-hybridized carbons (Fsp3) is 0.293. The maximum atomic E-state index is 14.9. The normalized spacial score (nSPS) is 17.8. The number of benzene rings is 1. The molecule has 53 heavy (non-hydrogen) atoms. The van der Waals surface area contributed by atoms with Gasteiger partial charge in [0.2, 0.25) is 5.78 Å². The predicted octanol–water partition coefficient (Wildman–Crippen LogP) is 7.47. The highest BCUT2D eigenvalue weighted by Gasteiger charge is 2.45. The molecular weight excluding hydrogens is 692 g/mol. The second-order valence-electron chi connectivity index (χ2n) is 13.8. The van der Waals surface area contributed by atoms with E-state index in [4.69, 9.17) is 4.74 Å². The lowest BCUT2D eigenvalue weighted by Gasteiger charge is -2.53. The minimum Gasteiger partial charge on any atom is -0.381 e. The summed E-state index contributed by atoms with van der Waals surface area (Å²) in [4.78, 5) is 58.0. The van der Waals surface area contributed by atoms with Gasteiger partial charge in [0, 0.05) is 72.7 Å². The Morgan fingerprint density at radius 3 is 2.60 bits per heavy atom. The van der Waals surface area contributed by atoms with Crippen LogP contribution in [0.1, 0.15) is 77.7 Å². The number of carbonyl (C=O) groups excluding carboxylic acids is 3. The zero-order valence-corrected chi connectivity index (χ0v) is 30.6. The van der Waals surface area contributed by atoms with Crippen LogP contribution in [0.3, 0.4) is 0 Å². The minimum atomic E-state index is -0.541. The van der Waals surface area contributed by atoms with E-state index in [-0.39, 0.29) is 41.8 Å². The van der Waals surface area contributed by atoms with Crippen LogP contribution in [0.2, 0.25) is 0 Å². The van der Waals surface area contributed by atoms with Gasteiger partial charge in [0.1, 0.15) is 11.6 Å². The smallest absolute Gasteiger partial charge is 0.259 e. The molecule has 2 saturated heterocycles. The SMILES string of the molecule is C=C/C=C(F)\C=C1/Cc2sc(C(=O)c3ncc(/C=C\C)[nH]3)cc2CCN1C(=O)c1ccc(NC(=O)c2cc(C)cnc2N2CC3(CCOCC3)C2)cc1. The summed E-state index contributed by atoms with van der Waals surface area (Å²) in [6, 6.07) is 10.4. The van der Waals surface area contributed by atoms with Crippen molar-refractivity contribution in [1.82, 2.24) is 19.9 Å². The Hall–Kier alpha value is -5.46. The molecule has 3 aliphatic rings. The van der Waals surface area contributed by atoms with E-state index in [2.05, 4.69) is 31.7 Å². The van der Waals surface area contributed by atoms with Crippen molar-refractivity contribution in [1.29, 1.82) is 0 Å². The number of H-pyrrole nitrogens is 1. The number of allylic oxidation sites excluding steroid dienone is 6. The van der Waals surface area contributed by atoms with E-state index in [9.17, 15) is 18.8 Å². The number of halogens is 1. The Morgan fingerprint density at radius 1 is 1.09 bits per heavy atom. The third kappa shape index (κ3) is 7.69. The van der Waals surface area contributed by atoms with E-state index in [1.165, 1.54) is 29.6 Å². The van der Waals surface area contributed by atoms with Gasteiger partial charge in [-0.2, -0.15) is 0 Å². The second kappa shape index (κ2) is 15.3. The molecule has 0 unspecified atom stereocenters. The number of rotatable bonds is 9. The number of nitrogens with zero attached hydrogens (tertiary/aromatic N) is 4.